The molecule has 3 amide bonds. The van der Waals surface area contributed by atoms with Crippen LogP contribution in [-0.4, -0.2) is 96.1 Å². The van der Waals surface area contributed by atoms with E-state index in [-0.39, 0.29) is 44.2 Å². The fourth-order valence-electron chi connectivity index (χ4n) is 7.20. The molecule has 0 aromatic heterocycles. The van der Waals surface area contributed by atoms with Crippen LogP contribution in [0.1, 0.15) is 83.0 Å². The lowest BCUT2D eigenvalue weighted by Gasteiger charge is -2.30. The third-order valence-corrected chi connectivity index (χ3v) is 10.1. The number of carbonyl (C=O) groups is 5. The topological polar surface area (TPSA) is 170 Å². The summed E-state index contributed by atoms with van der Waals surface area (Å²) in [7, 11) is 3.32. The first-order valence-electron chi connectivity index (χ1n) is 19.4. The lowest BCUT2D eigenvalue weighted by molar-refractivity contribution is -0.172. The molecule has 306 valence electrons. The van der Waals surface area contributed by atoms with Gasteiger partial charge in [0.25, 0.3) is 5.91 Å². The van der Waals surface area contributed by atoms with Crippen LogP contribution in [0.3, 0.4) is 0 Å². The van der Waals surface area contributed by atoms with E-state index in [0.29, 0.717) is 35.1 Å². The van der Waals surface area contributed by atoms with Gasteiger partial charge >= 0.3 is 11.9 Å². The molecule has 6 rings (SSSR count). The van der Waals surface area contributed by atoms with Crippen molar-refractivity contribution in [1.82, 2.24) is 15.5 Å². The minimum atomic E-state index is -0.962. The summed E-state index contributed by atoms with van der Waals surface area (Å²) in [6, 6.07) is 20.8. The van der Waals surface area contributed by atoms with Gasteiger partial charge in [-0.1, -0.05) is 48.5 Å². The normalized spacial score (nSPS) is 19.8. The van der Waals surface area contributed by atoms with E-state index >= 15 is 0 Å². The van der Waals surface area contributed by atoms with Crippen molar-refractivity contribution in [3.8, 4) is 0 Å². The summed E-state index contributed by atoms with van der Waals surface area (Å²) in [5.74, 6) is -2.96. The average molecular weight is 794 g/mol. The number of amides is 3. The third-order valence-electron chi connectivity index (χ3n) is 10.1. The van der Waals surface area contributed by atoms with E-state index in [1.54, 1.807) is 95.5 Å². The van der Waals surface area contributed by atoms with Crippen molar-refractivity contribution in [1.29, 1.82) is 0 Å². The number of carbonyl (C=O) groups excluding carboxylic acids is 5. The first-order chi connectivity index (χ1) is 27.6. The molecule has 0 saturated carbocycles. The maximum Gasteiger partial charge on any atom is 0.338 e. The van der Waals surface area contributed by atoms with Gasteiger partial charge in [0.15, 0.2) is 5.79 Å². The van der Waals surface area contributed by atoms with Gasteiger partial charge in [-0.25, -0.2) is 4.79 Å². The zero-order valence-electron chi connectivity index (χ0n) is 33.5. The first-order valence-corrected chi connectivity index (χ1v) is 19.4. The highest BCUT2D eigenvalue weighted by molar-refractivity contribution is 5.96. The zero-order chi connectivity index (χ0) is 41.6. The molecule has 1 heterocycles. The molecule has 13 heteroatoms. The van der Waals surface area contributed by atoms with Crippen molar-refractivity contribution in [2.75, 3.05) is 20.7 Å². The maximum atomic E-state index is 13.8. The van der Waals surface area contributed by atoms with Gasteiger partial charge in [-0.2, -0.15) is 0 Å². The Labute approximate surface area is 338 Å². The Morgan fingerprint density at radius 3 is 2.29 bits per heavy atom. The summed E-state index contributed by atoms with van der Waals surface area (Å²) in [5.41, 5.74) is 3.96. The van der Waals surface area contributed by atoms with E-state index in [1.807, 2.05) is 24.3 Å². The van der Waals surface area contributed by atoms with Crippen molar-refractivity contribution >= 4 is 35.7 Å². The highest BCUT2D eigenvalue weighted by Crippen LogP contribution is 2.45. The molecular weight excluding hydrogens is 743 g/mol. The number of esters is 2. The molecule has 1 aliphatic heterocycles. The number of rotatable bonds is 13. The molecule has 3 aliphatic rings. The first kappa shape index (κ1) is 42.0. The molecule has 58 heavy (non-hydrogen) atoms. The predicted molar refractivity (Wildman–Crippen MR) is 214 cm³/mol. The summed E-state index contributed by atoms with van der Waals surface area (Å²) >= 11 is 0. The van der Waals surface area contributed by atoms with Gasteiger partial charge < -0.3 is 39.6 Å². The largest absolute Gasteiger partial charge is 0.460 e. The molecule has 1 spiro atoms. The summed E-state index contributed by atoms with van der Waals surface area (Å²) in [6.07, 6.45) is 4.04. The van der Waals surface area contributed by atoms with Gasteiger partial charge in [-0.15, -0.1) is 0 Å². The van der Waals surface area contributed by atoms with Crippen LogP contribution in [0.2, 0.25) is 0 Å². The smallest absolute Gasteiger partial charge is 0.338 e. The number of aliphatic hydroxyl groups is 1. The summed E-state index contributed by atoms with van der Waals surface area (Å²) in [4.78, 5) is 66.0. The van der Waals surface area contributed by atoms with E-state index in [0.717, 1.165) is 16.7 Å². The van der Waals surface area contributed by atoms with Crippen LogP contribution in [-0.2, 0) is 52.7 Å². The fourth-order valence-corrected chi connectivity index (χ4v) is 7.20. The number of fused-ring (bicyclic) bond motifs is 2. The van der Waals surface area contributed by atoms with E-state index in [1.165, 1.54) is 11.0 Å². The number of likely N-dealkylation sites (N-methyl/N-ethyl adjacent to an activating group) is 1. The molecule has 0 bridgehead atoms. The van der Waals surface area contributed by atoms with Crippen molar-refractivity contribution in [2.45, 2.75) is 95.2 Å². The Balaban J connectivity index is 1.12. The summed E-state index contributed by atoms with van der Waals surface area (Å²) in [5, 5.41) is 15.5. The molecule has 2 aliphatic carbocycles. The van der Waals surface area contributed by atoms with E-state index in [9.17, 15) is 29.1 Å². The SMILES string of the molecule is CN(C)C(=O)C=Cc1ccc(C(=O)O[C@@H]2CC(C(=O)NCc3cccc(C(=O)N[C@H](CO)CCC(=O)OC(C)(C)C)c3)=C[C@H]3OC4(Cc5ccccc5C4)O[C@H]32)cc1. The molecule has 4 atom stereocenters. The van der Waals surface area contributed by atoms with Crippen LogP contribution < -0.4 is 10.6 Å². The van der Waals surface area contributed by atoms with Gasteiger partial charge in [0.05, 0.1) is 18.2 Å². The van der Waals surface area contributed by atoms with Crippen LogP contribution >= 0.6 is 0 Å². The number of benzene rings is 3. The minimum absolute atomic E-state index is 0.0324. The molecule has 3 aromatic carbocycles. The molecule has 3 aromatic rings. The second kappa shape index (κ2) is 17.9. The predicted octanol–water partition coefficient (Wildman–Crippen LogP) is 4.45. The van der Waals surface area contributed by atoms with Gasteiger partial charge in [0.1, 0.15) is 23.9 Å². The molecule has 1 fully saturated rings. The summed E-state index contributed by atoms with van der Waals surface area (Å²) < 4.78 is 24.6. The monoisotopic (exact) mass is 793 g/mol. The van der Waals surface area contributed by atoms with Crippen molar-refractivity contribution < 1.29 is 48.0 Å². The second-order valence-electron chi connectivity index (χ2n) is 16.1. The number of hydrogen-bond acceptors (Lipinski definition) is 10. The van der Waals surface area contributed by atoms with Gasteiger partial charge in [-0.05, 0) is 85.9 Å². The Morgan fingerprint density at radius 1 is 0.931 bits per heavy atom. The van der Waals surface area contributed by atoms with Crippen LogP contribution in [0.15, 0.2) is 90.5 Å². The molecular formula is C45H51N3O10. The number of hydrogen-bond donors (Lipinski definition) is 3. The van der Waals surface area contributed by atoms with E-state index in [4.69, 9.17) is 18.9 Å². The Bertz CT molecular complexity index is 2060. The van der Waals surface area contributed by atoms with Gasteiger partial charge in [0.2, 0.25) is 11.8 Å². The average Bonchev–Trinajstić information content (AvgIpc) is 3.74. The zero-order valence-corrected chi connectivity index (χ0v) is 33.5. The lowest BCUT2D eigenvalue weighted by atomic mass is 9.91. The number of ether oxygens (including phenoxy) is 4. The number of nitrogens with one attached hydrogen (secondary N) is 2. The second-order valence-corrected chi connectivity index (χ2v) is 16.1. The number of nitrogens with zero attached hydrogens (tertiary/aromatic N) is 1. The van der Waals surface area contributed by atoms with Gasteiger partial charge in [0, 0.05) is 63.5 Å². The van der Waals surface area contributed by atoms with E-state index < -0.39 is 53.6 Å². The third kappa shape index (κ3) is 10.6. The molecule has 13 nitrogen and oxygen atoms in total. The Hall–Kier alpha value is -5.63. The Kier molecular flexibility index (Phi) is 12.9. The van der Waals surface area contributed by atoms with Crippen LogP contribution in [0.25, 0.3) is 6.08 Å². The van der Waals surface area contributed by atoms with Crippen molar-refractivity contribution in [3.63, 3.8) is 0 Å². The lowest BCUT2D eigenvalue weighted by Crippen LogP contribution is -2.43. The maximum absolute atomic E-state index is 13.8. The molecule has 0 unspecified atom stereocenters. The quantitative estimate of drug-likeness (QED) is 0.166. The number of aliphatic hydroxyl groups excluding tert-OH is 1. The fraction of sp³-hybridized carbons (Fsp3) is 0.400. The summed E-state index contributed by atoms with van der Waals surface area (Å²) in [6.45, 7) is 5.04. The van der Waals surface area contributed by atoms with Crippen molar-refractivity contribution in [3.05, 3.63) is 124 Å². The van der Waals surface area contributed by atoms with Crippen LogP contribution in [0, 0.1) is 0 Å². The Morgan fingerprint density at radius 2 is 1.64 bits per heavy atom. The molecule has 3 N–H and O–H groups in total. The van der Waals surface area contributed by atoms with Crippen molar-refractivity contribution in [2.24, 2.45) is 0 Å². The standard InChI is InChI=1S/C45H51N3O10/c1-44(2,3)57-39(51)20-18-35(27-49)47-42(53)31-12-8-9-29(21-31)26-46-41(52)34-22-36(55-43(54)30-16-13-28(14-17-30)15-19-38(50)48(4)5)40-37(23-34)56-45(58-40)24-32-10-6-7-11-33(32)25-45/h6-17,19,21,23,35-37,40,49H,18,20,22,24-27H2,1-5H3,(H,46,52)(H,47,53)/t35-,36+,37+,40-/m0/s1. The molecule has 1 saturated heterocycles. The van der Waals surface area contributed by atoms with Crippen LogP contribution in [0.4, 0.5) is 0 Å². The van der Waals surface area contributed by atoms with Crippen LogP contribution in [0.5, 0.6) is 0 Å². The highest BCUT2D eigenvalue weighted by atomic mass is 16.8. The molecule has 0 radical (unpaired) electrons. The van der Waals surface area contributed by atoms with E-state index in [2.05, 4.69) is 10.6 Å². The minimum Gasteiger partial charge on any atom is -0.460 e. The highest BCUT2D eigenvalue weighted by Gasteiger charge is 2.55. The van der Waals surface area contributed by atoms with Gasteiger partial charge in [-0.3, -0.25) is 19.2 Å².